The van der Waals surface area contributed by atoms with E-state index in [1.165, 1.54) is 18.4 Å². The number of rotatable bonds is 6. The predicted molar refractivity (Wildman–Crippen MR) is 97.0 cm³/mol. The van der Waals surface area contributed by atoms with Crippen molar-refractivity contribution < 1.29 is 10.2 Å². The molecule has 1 aromatic rings. The Hall–Kier alpha value is -1.70. The summed E-state index contributed by atoms with van der Waals surface area (Å²) in [5, 5.41) is 21.1. The van der Waals surface area contributed by atoms with Crippen LogP contribution in [0.25, 0.3) is 0 Å². The average molecular weight is 314 g/mol. The minimum Gasteiger partial charge on any atom is -0.508 e. The van der Waals surface area contributed by atoms with Crippen LogP contribution in [0.2, 0.25) is 0 Å². The summed E-state index contributed by atoms with van der Waals surface area (Å²) in [7, 11) is 0. The molecule has 2 atom stereocenters. The predicted octanol–water partition coefficient (Wildman–Crippen LogP) is 5.85. The highest BCUT2D eigenvalue weighted by Gasteiger charge is 2.31. The highest BCUT2D eigenvalue weighted by atomic mass is 16.3. The first kappa shape index (κ1) is 17.7. The second-order valence-corrected chi connectivity index (χ2v) is 7.05. The zero-order valence-electron chi connectivity index (χ0n) is 14.7. The monoisotopic (exact) mass is 314 g/mol. The second kappa shape index (κ2) is 7.72. The molecule has 0 aliphatic heterocycles. The van der Waals surface area contributed by atoms with Crippen molar-refractivity contribution in [3.63, 3.8) is 0 Å². The van der Waals surface area contributed by atoms with Gasteiger partial charge in [-0.25, -0.2) is 0 Å². The lowest BCUT2D eigenvalue weighted by Gasteiger charge is -2.32. The first-order chi connectivity index (χ1) is 10.9. The maximum Gasteiger partial charge on any atom is 0.123 e. The van der Waals surface area contributed by atoms with Crippen molar-refractivity contribution in [3.8, 4) is 11.5 Å². The lowest BCUT2D eigenvalue weighted by atomic mass is 9.72. The van der Waals surface area contributed by atoms with Gasteiger partial charge in [0.25, 0.3) is 0 Å². The Morgan fingerprint density at radius 2 is 1.87 bits per heavy atom. The van der Waals surface area contributed by atoms with Gasteiger partial charge in [-0.2, -0.15) is 0 Å². The number of aryl methyl sites for hydroxylation is 1. The Bertz CT molecular complexity index is 575. The molecule has 2 N–H and O–H groups in total. The number of aromatic hydroxyl groups is 2. The number of phenolic OH excluding ortho intramolecular Hbond substituents is 2. The molecule has 1 aromatic carbocycles. The highest BCUT2D eigenvalue weighted by molar-refractivity contribution is 5.50. The Morgan fingerprint density at radius 1 is 1.22 bits per heavy atom. The molecule has 0 saturated heterocycles. The molecule has 0 aromatic heterocycles. The van der Waals surface area contributed by atoms with Crippen LogP contribution in [-0.2, 0) is 6.42 Å². The van der Waals surface area contributed by atoms with Gasteiger partial charge < -0.3 is 10.2 Å². The van der Waals surface area contributed by atoms with E-state index in [2.05, 4.69) is 26.5 Å². The van der Waals surface area contributed by atoms with E-state index >= 15 is 0 Å². The number of phenols is 2. The van der Waals surface area contributed by atoms with Crippen LogP contribution in [-0.4, -0.2) is 10.2 Å². The Kier molecular flexibility index (Phi) is 5.92. The molecule has 0 saturated carbocycles. The van der Waals surface area contributed by atoms with Gasteiger partial charge in [0, 0.05) is 11.5 Å². The first-order valence-corrected chi connectivity index (χ1v) is 8.79. The molecule has 2 heteroatoms. The fourth-order valence-electron chi connectivity index (χ4n) is 3.70. The lowest BCUT2D eigenvalue weighted by molar-refractivity contribution is 0.391. The molecule has 0 amide bonds. The number of hydrogen-bond acceptors (Lipinski definition) is 2. The third-order valence-corrected chi connectivity index (χ3v) is 5.02. The molecule has 1 aliphatic rings. The van der Waals surface area contributed by atoms with E-state index in [0.717, 1.165) is 36.8 Å². The van der Waals surface area contributed by atoms with E-state index in [1.807, 2.05) is 19.1 Å². The van der Waals surface area contributed by atoms with Crippen molar-refractivity contribution in [1.29, 1.82) is 0 Å². The minimum absolute atomic E-state index is 0.113. The highest BCUT2D eigenvalue weighted by Crippen LogP contribution is 2.47. The summed E-state index contributed by atoms with van der Waals surface area (Å²) < 4.78 is 0. The van der Waals surface area contributed by atoms with Gasteiger partial charge in [-0.1, -0.05) is 43.6 Å². The number of hydrogen-bond donors (Lipinski definition) is 2. The van der Waals surface area contributed by atoms with Gasteiger partial charge in [-0.05, 0) is 63.1 Å². The molecule has 2 rings (SSSR count). The number of benzene rings is 1. The summed E-state index contributed by atoms with van der Waals surface area (Å²) in [4.78, 5) is 0. The molecule has 0 radical (unpaired) electrons. The van der Waals surface area contributed by atoms with E-state index < -0.39 is 0 Å². The summed E-state index contributed by atoms with van der Waals surface area (Å²) >= 11 is 0. The van der Waals surface area contributed by atoms with E-state index in [9.17, 15) is 10.2 Å². The van der Waals surface area contributed by atoms with Crippen LogP contribution in [0.15, 0.2) is 35.9 Å². The third kappa shape index (κ3) is 4.19. The minimum atomic E-state index is 0.113. The van der Waals surface area contributed by atoms with Gasteiger partial charge in [0.05, 0.1) is 0 Å². The van der Waals surface area contributed by atoms with Crippen LogP contribution >= 0.6 is 0 Å². The maximum atomic E-state index is 10.6. The van der Waals surface area contributed by atoms with Crippen LogP contribution in [0.3, 0.4) is 0 Å². The fraction of sp³-hybridized carbons (Fsp3) is 0.524. The Balaban J connectivity index is 2.31. The lowest BCUT2D eigenvalue weighted by Crippen LogP contribution is -2.18. The van der Waals surface area contributed by atoms with Crippen molar-refractivity contribution in [3.05, 3.63) is 47.1 Å². The van der Waals surface area contributed by atoms with Crippen LogP contribution in [0.5, 0.6) is 11.5 Å². The smallest absolute Gasteiger partial charge is 0.123 e. The number of unbranched alkanes of at least 4 members (excludes halogenated alkanes) is 2. The normalized spacial score (nSPS) is 21.1. The molecule has 2 nitrogen and oxygen atoms in total. The molecular formula is C21H30O2. The van der Waals surface area contributed by atoms with Crippen molar-refractivity contribution in [2.45, 2.75) is 65.2 Å². The molecule has 0 spiro atoms. The van der Waals surface area contributed by atoms with Crippen molar-refractivity contribution in [1.82, 2.24) is 0 Å². The average Bonchev–Trinajstić information content (AvgIpc) is 2.46. The summed E-state index contributed by atoms with van der Waals surface area (Å²) in [5.74, 6) is 0.869. The molecule has 0 unspecified atom stereocenters. The Morgan fingerprint density at radius 3 is 2.43 bits per heavy atom. The van der Waals surface area contributed by atoms with Crippen LogP contribution in [0.4, 0.5) is 0 Å². The summed E-state index contributed by atoms with van der Waals surface area (Å²) in [6.07, 6.45) is 8.40. The van der Waals surface area contributed by atoms with Gasteiger partial charge in [0.2, 0.25) is 0 Å². The molecular weight excluding hydrogens is 284 g/mol. The fourth-order valence-corrected chi connectivity index (χ4v) is 3.70. The molecule has 0 fully saturated rings. The van der Waals surface area contributed by atoms with Crippen molar-refractivity contribution >= 4 is 0 Å². The van der Waals surface area contributed by atoms with Gasteiger partial charge in [0.15, 0.2) is 0 Å². The van der Waals surface area contributed by atoms with E-state index in [-0.39, 0.29) is 23.3 Å². The molecule has 0 heterocycles. The van der Waals surface area contributed by atoms with E-state index in [0.29, 0.717) is 5.56 Å². The first-order valence-electron chi connectivity index (χ1n) is 8.79. The van der Waals surface area contributed by atoms with Crippen LogP contribution < -0.4 is 0 Å². The van der Waals surface area contributed by atoms with Crippen LogP contribution in [0.1, 0.15) is 69.9 Å². The molecule has 126 valence electrons. The topological polar surface area (TPSA) is 40.5 Å². The van der Waals surface area contributed by atoms with Gasteiger partial charge in [0.1, 0.15) is 11.5 Å². The van der Waals surface area contributed by atoms with Crippen LogP contribution in [0, 0.1) is 5.92 Å². The maximum absolute atomic E-state index is 10.6. The standard InChI is InChI=1S/C21H30O2/c1-5-6-7-8-16-12-19(22)21(20(23)13-16)18-11-15(4)9-10-17(18)14(2)3/h9,12-13,17-18,22-23H,2,5-8,10-11H2,1,3-4H3/t17-,18+/m1/s1. The zero-order chi connectivity index (χ0) is 17.0. The van der Waals surface area contributed by atoms with E-state index in [4.69, 9.17) is 0 Å². The zero-order valence-corrected chi connectivity index (χ0v) is 14.7. The summed E-state index contributed by atoms with van der Waals surface area (Å²) in [6.45, 7) is 10.5. The number of allylic oxidation sites excluding steroid dienone is 3. The molecule has 23 heavy (non-hydrogen) atoms. The Labute approximate surface area is 140 Å². The van der Waals surface area contributed by atoms with E-state index in [1.54, 1.807) is 0 Å². The largest absolute Gasteiger partial charge is 0.508 e. The van der Waals surface area contributed by atoms with Crippen molar-refractivity contribution in [2.24, 2.45) is 5.92 Å². The van der Waals surface area contributed by atoms with Crippen molar-refractivity contribution in [2.75, 3.05) is 0 Å². The quantitative estimate of drug-likeness (QED) is 0.511. The summed E-state index contributed by atoms with van der Waals surface area (Å²) in [5.41, 5.74) is 4.15. The van der Waals surface area contributed by atoms with Gasteiger partial charge >= 0.3 is 0 Å². The summed E-state index contributed by atoms with van der Waals surface area (Å²) in [6, 6.07) is 3.68. The van der Waals surface area contributed by atoms with Gasteiger partial charge in [-0.15, -0.1) is 0 Å². The molecule has 0 bridgehead atoms. The second-order valence-electron chi connectivity index (χ2n) is 7.05. The SMILES string of the molecule is C=C(C)[C@H]1CC=C(C)C[C@@H]1c1c(O)cc(CCCCC)cc1O. The van der Waals surface area contributed by atoms with Gasteiger partial charge in [-0.3, -0.25) is 0 Å². The molecule has 1 aliphatic carbocycles. The third-order valence-electron chi connectivity index (χ3n) is 5.02.